The van der Waals surface area contributed by atoms with E-state index in [0.29, 0.717) is 5.56 Å². The van der Waals surface area contributed by atoms with Crippen molar-refractivity contribution in [2.45, 2.75) is 32.6 Å². The maximum absolute atomic E-state index is 14.5. The van der Waals surface area contributed by atoms with Crippen molar-refractivity contribution in [2.24, 2.45) is 0 Å². The van der Waals surface area contributed by atoms with Crippen molar-refractivity contribution in [3.63, 3.8) is 0 Å². The van der Waals surface area contributed by atoms with Gasteiger partial charge in [0.15, 0.2) is 0 Å². The molecular weight excluding hydrogens is 353 g/mol. The predicted molar refractivity (Wildman–Crippen MR) is 112 cm³/mol. The molecule has 2 heterocycles. The van der Waals surface area contributed by atoms with Gasteiger partial charge >= 0.3 is 0 Å². The first kappa shape index (κ1) is 16.6. The van der Waals surface area contributed by atoms with Crippen LogP contribution in [0.5, 0.6) is 0 Å². The number of nitrogens with zero attached hydrogens (tertiary/aromatic N) is 1. The summed E-state index contributed by atoms with van der Waals surface area (Å²) in [6, 6.07) is 17.6. The lowest BCUT2D eigenvalue weighted by Crippen LogP contribution is -1.99. The number of aryl methyl sites for hydroxylation is 3. The van der Waals surface area contributed by atoms with E-state index in [2.05, 4.69) is 37.3 Å². The second-order valence-corrected chi connectivity index (χ2v) is 8.38. The van der Waals surface area contributed by atoms with Gasteiger partial charge < -0.3 is 0 Å². The van der Waals surface area contributed by atoms with E-state index in [-0.39, 0.29) is 5.82 Å². The lowest BCUT2D eigenvalue weighted by atomic mass is 9.91. The van der Waals surface area contributed by atoms with Gasteiger partial charge in [-0.3, -0.25) is 0 Å². The minimum absolute atomic E-state index is 0.221. The van der Waals surface area contributed by atoms with E-state index < -0.39 is 0 Å². The zero-order chi connectivity index (χ0) is 18.4. The van der Waals surface area contributed by atoms with Crippen molar-refractivity contribution in [3.05, 3.63) is 76.4 Å². The van der Waals surface area contributed by atoms with Crippen LogP contribution in [0.3, 0.4) is 0 Å². The van der Waals surface area contributed by atoms with Crippen LogP contribution < -0.4 is 0 Å². The van der Waals surface area contributed by atoms with Gasteiger partial charge in [0.2, 0.25) is 0 Å². The monoisotopic (exact) mass is 373 g/mol. The van der Waals surface area contributed by atoms with Crippen LogP contribution in [0.4, 0.5) is 4.39 Å². The summed E-state index contributed by atoms with van der Waals surface area (Å²) in [7, 11) is 0. The van der Waals surface area contributed by atoms with Crippen LogP contribution in [0.1, 0.15) is 28.8 Å². The van der Waals surface area contributed by atoms with Crippen LogP contribution >= 0.6 is 11.3 Å². The summed E-state index contributed by atoms with van der Waals surface area (Å²) in [6.07, 6.45) is 4.74. The van der Waals surface area contributed by atoms with Gasteiger partial charge in [0.25, 0.3) is 0 Å². The summed E-state index contributed by atoms with van der Waals surface area (Å²) in [5, 5.41) is 1.28. The van der Waals surface area contributed by atoms with Crippen LogP contribution in [-0.4, -0.2) is 4.98 Å². The largest absolute Gasteiger partial charge is 0.237 e. The van der Waals surface area contributed by atoms with Gasteiger partial charge in [0.1, 0.15) is 10.6 Å². The van der Waals surface area contributed by atoms with E-state index >= 15 is 0 Å². The Bertz CT molecular complexity index is 1160. The fraction of sp³-hybridized carbons (Fsp3) is 0.208. The summed E-state index contributed by atoms with van der Waals surface area (Å²) in [5.74, 6) is -0.221. The number of halogens is 1. The van der Waals surface area contributed by atoms with Crippen LogP contribution in [0, 0.1) is 12.7 Å². The SMILES string of the molecule is Cc1cccc(-c2cc(-c3ccccc3F)nc3sc4c(c23)CCCC4)c1. The van der Waals surface area contributed by atoms with Gasteiger partial charge in [0.05, 0.1) is 5.69 Å². The minimum Gasteiger partial charge on any atom is -0.237 e. The van der Waals surface area contributed by atoms with Crippen LogP contribution in [0.15, 0.2) is 54.6 Å². The molecule has 0 atom stereocenters. The molecule has 3 heteroatoms. The lowest BCUT2D eigenvalue weighted by Gasteiger charge is -2.14. The summed E-state index contributed by atoms with van der Waals surface area (Å²) < 4.78 is 14.5. The standard InChI is InChI=1S/C24H20FNS/c1-15-7-6-8-16(13-15)19-14-21(17-9-2-4-11-20(17)25)26-24-23(19)18-10-3-5-12-22(18)27-24/h2,4,6-9,11,13-14H,3,5,10,12H2,1H3. The highest BCUT2D eigenvalue weighted by atomic mass is 32.1. The molecule has 27 heavy (non-hydrogen) atoms. The van der Waals surface area contributed by atoms with Gasteiger partial charge in [-0.15, -0.1) is 11.3 Å². The van der Waals surface area contributed by atoms with E-state index in [9.17, 15) is 4.39 Å². The van der Waals surface area contributed by atoms with E-state index in [1.165, 1.54) is 51.4 Å². The maximum atomic E-state index is 14.5. The fourth-order valence-electron chi connectivity index (χ4n) is 4.11. The number of thiophene rings is 1. The number of fused-ring (bicyclic) bond motifs is 3. The first-order chi connectivity index (χ1) is 13.2. The van der Waals surface area contributed by atoms with Gasteiger partial charge in [-0.2, -0.15) is 0 Å². The number of benzene rings is 2. The Labute approximate surface area is 162 Å². The third-order valence-electron chi connectivity index (χ3n) is 5.40. The molecule has 1 aliphatic carbocycles. The van der Waals surface area contributed by atoms with E-state index in [1.807, 2.05) is 12.1 Å². The molecule has 134 valence electrons. The zero-order valence-electron chi connectivity index (χ0n) is 15.3. The fourth-order valence-corrected chi connectivity index (χ4v) is 5.39. The van der Waals surface area contributed by atoms with Crippen molar-refractivity contribution >= 4 is 21.6 Å². The van der Waals surface area contributed by atoms with Crippen molar-refractivity contribution in [2.75, 3.05) is 0 Å². The number of hydrogen-bond acceptors (Lipinski definition) is 2. The Kier molecular flexibility index (Phi) is 4.05. The topological polar surface area (TPSA) is 12.9 Å². The molecule has 0 saturated heterocycles. The molecule has 2 aromatic carbocycles. The van der Waals surface area contributed by atoms with Gasteiger partial charge in [0, 0.05) is 15.8 Å². The molecule has 0 N–H and O–H groups in total. The number of pyridine rings is 1. The number of rotatable bonds is 2. The number of aromatic nitrogens is 1. The van der Waals surface area contributed by atoms with Gasteiger partial charge in [-0.25, -0.2) is 9.37 Å². The second-order valence-electron chi connectivity index (χ2n) is 7.30. The van der Waals surface area contributed by atoms with Crippen LogP contribution in [-0.2, 0) is 12.8 Å². The Balaban J connectivity index is 1.84. The molecule has 0 aliphatic heterocycles. The van der Waals surface area contributed by atoms with Crippen molar-refractivity contribution < 1.29 is 4.39 Å². The molecule has 1 nitrogen and oxygen atoms in total. The third kappa shape index (κ3) is 2.87. The molecule has 0 spiro atoms. The van der Waals surface area contributed by atoms with E-state index in [1.54, 1.807) is 17.4 Å². The minimum atomic E-state index is -0.221. The van der Waals surface area contributed by atoms with E-state index in [4.69, 9.17) is 4.98 Å². The molecule has 1 aliphatic rings. The first-order valence-electron chi connectivity index (χ1n) is 9.48. The molecule has 0 fully saturated rings. The summed E-state index contributed by atoms with van der Waals surface area (Å²) in [4.78, 5) is 7.40. The van der Waals surface area contributed by atoms with Crippen LogP contribution in [0.25, 0.3) is 32.6 Å². The Morgan fingerprint density at radius 2 is 1.78 bits per heavy atom. The van der Waals surface area contributed by atoms with Crippen molar-refractivity contribution in [1.82, 2.24) is 4.98 Å². The maximum Gasteiger partial charge on any atom is 0.132 e. The third-order valence-corrected chi connectivity index (χ3v) is 6.59. The number of hydrogen-bond donors (Lipinski definition) is 0. The molecular formula is C24H20FNS. The second kappa shape index (κ2) is 6.58. The molecule has 0 radical (unpaired) electrons. The highest BCUT2D eigenvalue weighted by molar-refractivity contribution is 7.19. The molecule has 4 aromatic rings. The average Bonchev–Trinajstić information content (AvgIpc) is 3.06. The molecule has 0 saturated carbocycles. The predicted octanol–water partition coefficient (Wildman–Crippen LogP) is 6.96. The van der Waals surface area contributed by atoms with Gasteiger partial charge in [-0.05, 0) is 67.5 Å². The molecule has 5 rings (SSSR count). The molecule has 0 bridgehead atoms. The quantitative estimate of drug-likeness (QED) is 0.370. The average molecular weight is 373 g/mol. The highest BCUT2D eigenvalue weighted by Gasteiger charge is 2.21. The van der Waals surface area contributed by atoms with Crippen LogP contribution in [0.2, 0.25) is 0 Å². The molecule has 2 aromatic heterocycles. The Hall–Kier alpha value is -2.52. The Morgan fingerprint density at radius 1 is 0.926 bits per heavy atom. The Morgan fingerprint density at radius 3 is 2.63 bits per heavy atom. The van der Waals surface area contributed by atoms with Crippen molar-refractivity contribution in [3.8, 4) is 22.4 Å². The zero-order valence-corrected chi connectivity index (χ0v) is 16.1. The summed E-state index contributed by atoms with van der Waals surface area (Å²) in [6.45, 7) is 2.11. The van der Waals surface area contributed by atoms with Gasteiger partial charge in [-0.1, -0.05) is 42.0 Å². The smallest absolute Gasteiger partial charge is 0.132 e. The van der Waals surface area contributed by atoms with E-state index in [0.717, 1.165) is 23.4 Å². The normalized spacial score (nSPS) is 13.7. The summed E-state index contributed by atoms with van der Waals surface area (Å²) in [5.41, 5.74) is 6.35. The molecule has 0 amide bonds. The summed E-state index contributed by atoms with van der Waals surface area (Å²) >= 11 is 1.79. The lowest BCUT2D eigenvalue weighted by molar-refractivity contribution is 0.631. The first-order valence-corrected chi connectivity index (χ1v) is 10.3. The highest BCUT2D eigenvalue weighted by Crippen LogP contribution is 2.42. The van der Waals surface area contributed by atoms with Crippen molar-refractivity contribution in [1.29, 1.82) is 0 Å². The molecule has 0 unspecified atom stereocenters.